The number of unbranched alkanes of at least 4 members (excludes halogenated alkanes) is 5. The Morgan fingerprint density at radius 3 is 2.00 bits per heavy atom. The SMILES string of the molecule is CCCCCCCCN1C=CN(C)C1(C)C(=O)O.O=S(=O)(O)C(F)(F)F. The van der Waals surface area contributed by atoms with Crippen molar-refractivity contribution in [3.8, 4) is 0 Å². The second-order valence-electron chi connectivity index (χ2n) is 6.12. The Hall–Kier alpha value is -1.49. The Labute approximate surface area is 152 Å². The normalized spacial score (nSPS) is 20.1. The molecule has 0 saturated heterocycles. The average molecular weight is 404 g/mol. The minimum atomic E-state index is -5.84. The largest absolute Gasteiger partial charge is 0.522 e. The number of likely N-dealkylation sites (N-methyl/N-ethyl adjacent to an activating group) is 1. The van der Waals surface area contributed by atoms with E-state index in [4.69, 9.17) is 13.0 Å². The Balaban J connectivity index is 0.000000660. The number of alkyl halides is 3. The van der Waals surface area contributed by atoms with Gasteiger partial charge in [0.1, 0.15) is 0 Å². The van der Waals surface area contributed by atoms with E-state index in [1.54, 1.807) is 11.8 Å². The number of hydrogen-bond donors (Lipinski definition) is 2. The van der Waals surface area contributed by atoms with Gasteiger partial charge in [-0.15, -0.1) is 0 Å². The van der Waals surface area contributed by atoms with Gasteiger partial charge in [-0.1, -0.05) is 39.0 Å². The zero-order valence-electron chi connectivity index (χ0n) is 15.2. The number of carbonyl (C=O) groups is 1. The molecule has 1 aliphatic rings. The van der Waals surface area contributed by atoms with Gasteiger partial charge in [-0.05, 0) is 13.3 Å². The highest BCUT2D eigenvalue weighted by Gasteiger charge is 2.45. The van der Waals surface area contributed by atoms with Crippen LogP contribution < -0.4 is 0 Å². The summed E-state index contributed by atoms with van der Waals surface area (Å²) in [6.45, 7) is 4.78. The summed E-state index contributed by atoms with van der Waals surface area (Å²) in [7, 11) is -4.03. The standard InChI is InChI=1S/C14H26N2O2.CHF3O3S/c1-4-5-6-7-8-9-10-16-12-11-15(3)14(16,2)13(17)18;2-1(3,4)8(5,6)7/h11-12H,4-10H2,1-3H3,(H,17,18);(H,5,6,7). The smallest absolute Gasteiger partial charge is 0.478 e. The van der Waals surface area contributed by atoms with E-state index < -0.39 is 27.3 Å². The molecule has 154 valence electrons. The lowest BCUT2D eigenvalue weighted by Crippen LogP contribution is -2.55. The molecule has 1 rings (SSSR count). The van der Waals surface area contributed by atoms with Crippen molar-refractivity contribution < 1.29 is 36.0 Å². The molecule has 0 bridgehead atoms. The average Bonchev–Trinajstić information content (AvgIpc) is 2.78. The van der Waals surface area contributed by atoms with Crippen LogP contribution in [0.3, 0.4) is 0 Å². The van der Waals surface area contributed by atoms with Gasteiger partial charge in [-0.2, -0.15) is 21.6 Å². The van der Waals surface area contributed by atoms with Crippen molar-refractivity contribution in [1.29, 1.82) is 0 Å². The maximum Gasteiger partial charge on any atom is 0.522 e. The van der Waals surface area contributed by atoms with Crippen LogP contribution in [0.25, 0.3) is 0 Å². The molecule has 1 heterocycles. The van der Waals surface area contributed by atoms with Gasteiger partial charge in [0.05, 0.1) is 0 Å². The summed E-state index contributed by atoms with van der Waals surface area (Å²) in [6.07, 6.45) is 11.1. The van der Waals surface area contributed by atoms with Crippen LogP contribution in [-0.2, 0) is 14.9 Å². The van der Waals surface area contributed by atoms with Crippen molar-refractivity contribution in [2.75, 3.05) is 13.6 Å². The summed E-state index contributed by atoms with van der Waals surface area (Å²) >= 11 is 0. The number of carboxylic acids is 1. The first-order chi connectivity index (χ1) is 11.8. The monoisotopic (exact) mass is 404 g/mol. The third-order valence-electron chi connectivity index (χ3n) is 4.17. The number of halogens is 3. The zero-order valence-corrected chi connectivity index (χ0v) is 16.0. The van der Waals surface area contributed by atoms with Crippen LogP contribution in [0.2, 0.25) is 0 Å². The van der Waals surface area contributed by atoms with Crippen molar-refractivity contribution in [3.63, 3.8) is 0 Å². The van der Waals surface area contributed by atoms with Crippen LogP contribution in [0.15, 0.2) is 12.4 Å². The molecule has 1 unspecified atom stereocenters. The fraction of sp³-hybridized carbons (Fsp3) is 0.800. The topological polar surface area (TPSA) is 98.2 Å². The lowest BCUT2D eigenvalue weighted by molar-refractivity contribution is -0.155. The van der Waals surface area contributed by atoms with Crippen LogP contribution in [0.5, 0.6) is 0 Å². The van der Waals surface area contributed by atoms with Gasteiger partial charge in [-0.25, -0.2) is 4.79 Å². The summed E-state index contributed by atoms with van der Waals surface area (Å²) in [5.41, 5.74) is -6.45. The van der Waals surface area contributed by atoms with E-state index in [9.17, 15) is 23.1 Å². The number of nitrogens with zero attached hydrogens (tertiary/aromatic N) is 2. The Kier molecular flexibility index (Phi) is 9.43. The van der Waals surface area contributed by atoms with Crippen molar-refractivity contribution in [1.82, 2.24) is 9.80 Å². The highest BCUT2D eigenvalue weighted by Crippen LogP contribution is 2.26. The maximum atomic E-state index is 11.4. The minimum Gasteiger partial charge on any atom is -0.478 e. The molecule has 0 aliphatic carbocycles. The zero-order chi connectivity index (χ0) is 20.6. The minimum absolute atomic E-state index is 0.791. The van der Waals surface area contributed by atoms with Gasteiger partial charge < -0.3 is 14.9 Å². The molecule has 7 nitrogen and oxygen atoms in total. The van der Waals surface area contributed by atoms with E-state index in [2.05, 4.69) is 6.92 Å². The fourth-order valence-electron chi connectivity index (χ4n) is 2.30. The van der Waals surface area contributed by atoms with Gasteiger partial charge >= 0.3 is 21.6 Å². The first kappa shape index (κ1) is 24.5. The Bertz CT molecular complexity index is 580. The summed E-state index contributed by atoms with van der Waals surface area (Å²) in [6, 6.07) is 0. The lowest BCUT2D eigenvalue weighted by Gasteiger charge is -2.37. The predicted octanol–water partition coefficient (Wildman–Crippen LogP) is 3.26. The number of carboxylic acid groups (broad SMARTS) is 1. The highest BCUT2D eigenvalue weighted by atomic mass is 32.2. The van der Waals surface area contributed by atoms with Gasteiger partial charge in [0.2, 0.25) is 5.66 Å². The molecule has 2 N–H and O–H groups in total. The third kappa shape index (κ3) is 7.02. The van der Waals surface area contributed by atoms with Gasteiger partial charge in [0.15, 0.2) is 0 Å². The molecular weight excluding hydrogens is 377 g/mol. The van der Waals surface area contributed by atoms with E-state index in [-0.39, 0.29) is 0 Å². The van der Waals surface area contributed by atoms with Crippen molar-refractivity contribution in [3.05, 3.63) is 12.4 Å². The Morgan fingerprint density at radius 1 is 1.12 bits per heavy atom. The number of aliphatic carboxylic acids is 1. The van der Waals surface area contributed by atoms with Crippen LogP contribution in [-0.4, -0.2) is 58.6 Å². The molecule has 1 atom stereocenters. The van der Waals surface area contributed by atoms with E-state index >= 15 is 0 Å². The lowest BCUT2D eigenvalue weighted by atomic mass is 10.1. The van der Waals surface area contributed by atoms with Crippen LogP contribution in [0.1, 0.15) is 52.4 Å². The van der Waals surface area contributed by atoms with Gasteiger partial charge in [-0.3, -0.25) is 4.55 Å². The molecule has 0 radical (unpaired) electrons. The molecule has 0 aromatic rings. The second kappa shape index (κ2) is 10.0. The Morgan fingerprint density at radius 2 is 1.58 bits per heavy atom. The first-order valence-corrected chi connectivity index (χ1v) is 9.67. The molecule has 0 aromatic heterocycles. The predicted molar refractivity (Wildman–Crippen MR) is 90.6 cm³/mol. The summed E-state index contributed by atoms with van der Waals surface area (Å²) in [5, 5.41) is 9.36. The van der Waals surface area contributed by atoms with Crippen LogP contribution >= 0.6 is 0 Å². The van der Waals surface area contributed by atoms with E-state index in [1.165, 1.54) is 32.1 Å². The fourth-order valence-corrected chi connectivity index (χ4v) is 2.30. The quantitative estimate of drug-likeness (QED) is 0.364. The van der Waals surface area contributed by atoms with E-state index in [0.29, 0.717) is 0 Å². The van der Waals surface area contributed by atoms with Crippen LogP contribution in [0.4, 0.5) is 13.2 Å². The number of hydrogen-bond acceptors (Lipinski definition) is 5. The van der Waals surface area contributed by atoms with E-state index in [1.807, 2.05) is 24.3 Å². The first-order valence-electron chi connectivity index (χ1n) is 8.23. The highest BCUT2D eigenvalue weighted by molar-refractivity contribution is 7.86. The molecule has 0 spiro atoms. The second-order valence-corrected chi connectivity index (χ2v) is 7.53. The summed E-state index contributed by atoms with van der Waals surface area (Å²) in [5.74, 6) is -0.791. The van der Waals surface area contributed by atoms with Crippen LogP contribution in [0, 0.1) is 0 Å². The molecule has 26 heavy (non-hydrogen) atoms. The molecule has 0 aromatic carbocycles. The third-order valence-corrected chi connectivity index (χ3v) is 4.75. The molecule has 11 heteroatoms. The van der Waals surface area contributed by atoms with Crippen molar-refractivity contribution in [2.45, 2.75) is 63.5 Å². The van der Waals surface area contributed by atoms with Gasteiger partial charge in [0, 0.05) is 26.0 Å². The van der Waals surface area contributed by atoms with E-state index in [0.717, 1.165) is 13.0 Å². The van der Waals surface area contributed by atoms with Crippen molar-refractivity contribution in [2.24, 2.45) is 0 Å². The summed E-state index contributed by atoms with van der Waals surface area (Å²) < 4.78 is 57.5. The van der Waals surface area contributed by atoms with Gasteiger partial charge in [0.25, 0.3) is 0 Å². The molecule has 0 fully saturated rings. The summed E-state index contributed by atoms with van der Waals surface area (Å²) in [4.78, 5) is 15.1. The molecule has 1 aliphatic heterocycles. The number of rotatable bonds is 8. The molecular formula is C15H27F3N2O5S. The molecule has 0 amide bonds. The maximum absolute atomic E-state index is 11.4. The molecule has 0 saturated carbocycles. The van der Waals surface area contributed by atoms with Crippen molar-refractivity contribution >= 4 is 16.1 Å².